The largest absolute Gasteiger partial charge is 0.277 e. The summed E-state index contributed by atoms with van der Waals surface area (Å²) in [6.45, 7) is 2.52. The van der Waals surface area contributed by atoms with Gasteiger partial charge in [0.25, 0.3) is 10.2 Å². The van der Waals surface area contributed by atoms with Gasteiger partial charge in [-0.1, -0.05) is 19.1 Å². The Morgan fingerprint density at radius 3 is 2.41 bits per heavy atom. The minimum atomic E-state index is -3.42. The first-order chi connectivity index (χ1) is 8.07. The topological polar surface area (TPSA) is 82.0 Å². The predicted molar refractivity (Wildman–Crippen MR) is 65.2 cm³/mol. The maximum Gasteiger partial charge on any atom is 0.277 e. The van der Waals surface area contributed by atoms with Gasteiger partial charge in [-0.2, -0.15) is 18.4 Å². The number of benzene rings is 1. The Morgan fingerprint density at radius 2 is 1.88 bits per heavy atom. The summed E-state index contributed by atoms with van der Waals surface area (Å²) < 4.78 is 27.7. The Balaban J connectivity index is 2.53. The smallest absolute Gasteiger partial charge is 0.202 e. The van der Waals surface area contributed by atoms with Crippen molar-refractivity contribution >= 4 is 10.2 Å². The van der Waals surface area contributed by atoms with E-state index in [2.05, 4.69) is 9.44 Å². The molecule has 0 fully saturated rings. The van der Waals surface area contributed by atoms with E-state index in [4.69, 9.17) is 5.26 Å². The summed E-state index contributed by atoms with van der Waals surface area (Å²) in [5.41, 5.74) is 1.37. The van der Waals surface area contributed by atoms with Crippen molar-refractivity contribution in [2.75, 3.05) is 6.54 Å². The van der Waals surface area contributed by atoms with E-state index in [-0.39, 0.29) is 6.54 Å². The maximum absolute atomic E-state index is 11.4. The van der Waals surface area contributed by atoms with Crippen molar-refractivity contribution in [2.45, 2.75) is 19.9 Å². The van der Waals surface area contributed by atoms with Crippen molar-refractivity contribution in [1.29, 1.82) is 5.26 Å². The van der Waals surface area contributed by atoms with Crippen LogP contribution in [0.4, 0.5) is 0 Å². The molecule has 0 radical (unpaired) electrons. The van der Waals surface area contributed by atoms with Crippen molar-refractivity contribution in [3.8, 4) is 6.07 Å². The van der Waals surface area contributed by atoms with Crippen molar-refractivity contribution in [1.82, 2.24) is 9.44 Å². The van der Waals surface area contributed by atoms with Gasteiger partial charge in [-0.25, -0.2) is 4.72 Å². The van der Waals surface area contributed by atoms with Crippen molar-refractivity contribution in [3.05, 3.63) is 35.4 Å². The van der Waals surface area contributed by atoms with Crippen LogP contribution in [0.25, 0.3) is 0 Å². The number of nitrogens with zero attached hydrogens (tertiary/aromatic N) is 1. The van der Waals surface area contributed by atoms with Crippen LogP contribution in [-0.2, 0) is 16.8 Å². The molecule has 0 bridgehead atoms. The van der Waals surface area contributed by atoms with Gasteiger partial charge in [0.15, 0.2) is 0 Å². The molecule has 5 nitrogen and oxygen atoms in total. The molecule has 1 aromatic carbocycles. The number of hydrogen-bond donors (Lipinski definition) is 2. The van der Waals surface area contributed by atoms with Crippen LogP contribution in [0.2, 0.25) is 0 Å². The molecule has 0 unspecified atom stereocenters. The molecule has 0 atom stereocenters. The highest BCUT2D eigenvalue weighted by Gasteiger charge is 2.07. The second kappa shape index (κ2) is 6.35. The zero-order valence-electron chi connectivity index (χ0n) is 9.60. The molecule has 0 aliphatic heterocycles. The van der Waals surface area contributed by atoms with Crippen molar-refractivity contribution in [3.63, 3.8) is 0 Å². The standard InChI is InChI=1S/C11H15N3O2S/c1-2-7-13-17(15,16)14-9-11-5-3-10(8-12)4-6-11/h3-6,13-14H,2,7,9H2,1H3. The second-order valence-electron chi connectivity index (χ2n) is 3.53. The third kappa shape index (κ3) is 4.95. The average Bonchev–Trinajstić information content (AvgIpc) is 2.35. The summed E-state index contributed by atoms with van der Waals surface area (Å²) >= 11 is 0. The summed E-state index contributed by atoms with van der Waals surface area (Å²) in [6.07, 6.45) is 0.748. The monoisotopic (exact) mass is 253 g/mol. The minimum absolute atomic E-state index is 0.213. The molecule has 0 spiro atoms. The highest BCUT2D eigenvalue weighted by molar-refractivity contribution is 7.87. The van der Waals surface area contributed by atoms with E-state index in [9.17, 15) is 8.42 Å². The third-order valence-corrected chi connectivity index (χ3v) is 3.20. The van der Waals surface area contributed by atoms with E-state index >= 15 is 0 Å². The molecular formula is C11H15N3O2S. The highest BCUT2D eigenvalue weighted by Crippen LogP contribution is 2.03. The fourth-order valence-electron chi connectivity index (χ4n) is 1.16. The van der Waals surface area contributed by atoms with E-state index in [1.54, 1.807) is 24.3 Å². The van der Waals surface area contributed by atoms with E-state index in [1.807, 2.05) is 13.0 Å². The van der Waals surface area contributed by atoms with E-state index in [1.165, 1.54) is 0 Å². The Morgan fingerprint density at radius 1 is 1.24 bits per heavy atom. The zero-order chi connectivity index (χ0) is 12.7. The maximum atomic E-state index is 11.4. The molecule has 92 valence electrons. The Labute approximate surface area is 102 Å². The second-order valence-corrected chi connectivity index (χ2v) is 5.11. The molecule has 0 aliphatic rings. The van der Waals surface area contributed by atoms with Crippen LogP contribution in [0.15, 0.2) is 24.3 Å². The van der Waals surface area contributed by atoms with Crippen LogP contribution >= 0.6 is 0 Å². The summed E-state index contributed by atoms with van der Waals surface area (Å²) in [5, 5.41) is 8.61. The van der Waals surface area contributed by atoms with Crippen LogP contribution in [0.5, 0.6) is 0 Å². The van der Waals surface area contributed by atoms with Crippen LogP contribution in [-0.4, -0.2) is 15.0 Å². The lowest BCUT2D eigenvalue weighted by molar-refractivity contribution is 0.565. The molecule has 2 N–H and O–H groups in total. The van der Waals surface area contributed by atoms with Crippen molar-refractivity contribution in [2.24, 2.45) is 0 Å². The molecule has 0 aliphatic carbocycles. The molecule has 6 heteroatoms. The molecule has 1 rings (SSSR count). The van der Waals surface area contributed by atoms with Crippen LogP contribution < -0.4 is 9.44 Å². The molecule has 0 heterocycles. The zero-order valence-corrected chi connectivity index (χ0v) is 10.4. The lowest BCUT2D eigenvalue weighted by Crippen LogP contribution is -2.36. The number of nitriles is 1. The third-order valence-electron chi connectivity index (χ3n) is 2.09. The van der Waals surface area contributed by atoms with Gasteiger partial charge in [0, 0.05) is 13.1 Å². The van der Waals surface area contributed by atoms with Gasteiger partial charge in [0.05, 0.1) is 11.6 Å². The first-order valence-corrected chi connectivity index (χ1v) is 6.79. The minimum Gasteiger partial charge on any atom is -0.202 e. The summed E-state index contributed by atoms with van der Waals surface area (Å²) in [7, 11) is -3.42. The van der Waals surface area contributed by atoms with Crippen molar-refractivity contribution < 1.29 is 8.42 Å². The fourth-order valence-corrected chi connectivity index (χ4v) is 2.09. The Kier molecular flexibility index (Phi) is 5.10. The first-order valence-electron chi connectivity index (χ1n) is 5.30. The molecule has 0 saturated carbocycles. The quantitative estimate of drug-likeness (QED) is 0.790. The van der Waals surface area contributed by atoms with Gasteiger partial charge in [0.2, 0.25) is 0 Å². The fraction of sp³-hybridized carbons (Fsp3) is 0.364. The molecule has 0 amide bonds. The Hall–Kier alpha value is -1.42. The van der Waals surface area contributed by atoms with Gasteiger partial charge in [-0.05, 0) is 24.1 Å². The van der Waals surface area contributed by atoms with Crippen LogP contribution in [0.1, 0.15) is 24.5 Å². The molecule has 0 saturated heterocycles. The molecule has 0 aromatic heterocycles. The molecule has 17 heavy (non-hydrogen) atoms. The van der Waals surface area contributed by atoms with E-state index in [0.717, 1.165) is 12.0 Å². The number of hydrogen-bond acceptors (Lipinski definition) is 3. The van der Waals surface area contributed by atoms with Gasteiger partial charge in [-0.3, -0.25) is 0 Å². The lowest BCUT2D eigenvalue weighted by atomic mass is 10.1. The summed E-state index contributed by atoms with van der Waals surface area (Å²) in [4.78, 5) is 0. The van der Waals surface area contributed by atoms with Gasteiger partial charge < -0.3 is 0 Å². The lowest BCUT2D eigenvalue weighted by Gasteiger charge is -2.07. The van der Waals surface area contributed by atoms with Crippen LogP contribution in [0.3, 0.4) is 0 Å². The normalized spacial score (nSPS) is 11.1. The predicted octanol–water partition coefficient (Wildman–Crippen LogP) is 0.892. The van der Waals surface area contributed by atoms with Gasteiger partial charge in [-0.15, -0.1) is 0 Å². The Bertz CT molecular complexity index is 488. The SMILES string of the molecule is CCCNS(=O)(=O)NCc1ccc(C#N)cc1. The molecular weight excluding hydrogens is 238 g/mol. The number of nitrogens with one attached hydrogen (secondary N) is 2. The van der Waals surface area contributed by atoms with E-state index in [0.29, 0.717) is 12.1 Å². The highest BCUT2D eigenvalue weighted by atomic mass is 32.2. The first kappa shape index (κ1) is 13.6. The number of rotatable bonds is 6. The van der Waals surface area contributed by atoms with E-state index < -0.39 is 10.2 Å². The van der Waals surface area contributed by atoms with Gasteiger partial charge in [0.1, 0.15) is 0 Å². The van der Waals surface area contributed by atoms with Crippen LogP contribution in [0, 0.1) is 11.3 Å². The average molecular weight is 253 g/mol. The summed E-state index contributed by atoms with van der Waals surface area (Å²) in [6, 6.07) is 8.76. The van der Waals surface area contributed by atoms with Gasteiger partial charge >= 0.3 is 0 Å². The molecule has 1 aromatic rings. The summed E-state index contributed by atoms with van der Waals surface area (Å²) in [5.74, 6) is 0.